The van der Waals surface area contributed by atoms with Gasteiger partial charge in [-0.3, -0.25) is 4.90 Å². The molecule has 1 aliphatic rings. The highest BCUT2D eigenvalue weighted by atomic mass is 32.1. The van der Waals surface area contributed by atoms with Crippen LogP contribution in [-0.4, -0.2) is 23.2 Å². The van der Waals surface area contributed by atoms with Crippen LogP contribution in [0.5, 0.6) is 0 Å². The monoisotopic (exact) mass is 332 g/mol. The molecule has 124 valence electrons. The number of benzene rings is 1. The Kier molecular flexibility index (Phi) is 5.42. The second kappa shape index (κ2) is 7.13. The molecule has 0 amide bonds. The van der Waals surface area contributed by atoms with Gasteiger partial charge in [-0.2, -0.15) is 0 Å². The molecule has 0 aliphatic carbocycles. The van der Waals surface area contributed by atoms with Crippen LogP contribution in [0.4, 0.5) is 5.69 Å². The highest BCUT2D eigenvalue weighted by molar-refractivity contribution is 7.80. The van der Waals surface area contributed by atoms with Gasteiger partial charge in [-0.15, -0.1) is 0 Å². The number of hydrogen-bond donors (Lipinski definition) is 1. The first-order valence-electron chi connectivity index (χ1n) is 7.93. The van der Waals surface area contributed by atoms with Crippen molar-refractivity contribution in [3.05, 3.63) is 41.6 Å². The second-order valence-corrected chi connectivity index (χ2v) is 6.70. The van der Waals surface area contributed by atoms with E-state index in [1.165, 1.54) is 0 Å². The lowest BCUT2D eigenvalue weighted by Gasteiger charge is -2.38. The van der Waals surface area contributed by atoms with E-state index in [2.05, 4.69) is 32.2 Å². The first-order valence-corrected chi connectivity index (χ1v) is 8.34. The van der Waals surface area contributed by atoms with Crippen LogP contribution in [-0.2, 0) is 4.74 Å². The quantitative estimate of drug-likeness (QED) is 0.501. The third-order valence-electron chi connectivity index (χ3n) is 3.65. The number of esters is 1. The van der Waals surface area contributed by atoms with E-state index >= 15 is 0 Å². The van der Waals surface area contributed by atoms with Crippen LogP contribution in [0.25, 0.3) is 0 Å². The Morgan fingerprint density at radius 2 is 1.96 bits per heavy atom. The third kappa shape index (κ3) is 4.32. The van der Waals surface area contributed by atoms with Gasteiger partial charge in [-0.05, 0) is 69.8 Å². The molecule has 1 heterocycles. The molecule has 0 saturated carbocycles. The standard InChI is InChI=1S/C18H24N2O2S/c1-5-6-11-22-16(21)14-7-9-15(10-8-14)20-13(2)12-18(3,4)19-17(20)23/h7-10,12H,5-6,11H2,1-4H3,(H,19,23). The van der Waals surface area contributed by atoms with Crippen LogP contribution in [0.15, 0.2) is 36.0 Å². The first-order chi connectivity index (χ1) is 10.8. The fourth-order valence-corrected chi connectivity index (χ4v) is 3.09. The zero-order chi connectivity index (χ0) is 17.0. The summed E-state index contributed by atoms with van der Waals surface area (Å²) in [5.41, 5.74) is 2.40. The summed E-state index contributed by atoms with van der Waals surface area (Å²) in [5, 5.41) is 3.96. The van der Waals surface area contributed by atoms with Crippen LogP contribution in [0.2, 0.25) is 0 Å². The van der Waals surface area contributed by atoms with Gasteiger partial charge in [-0.1, -0.05) is 13.3 Å². The van der Waals surface area contributed by atoms with Crippen LogP contribution in [0.3, 0.4) is 0 Å². The van der Waals surface area contributed by atoms with Gasteiger partial charge < -0.3 is 10.1 Å². The minimum absolute atomic E-state index is 0.152. The molecule has 0 aromatic heterocycles. The molecule has 1 N–H and O–H groups in total. The Bertz CT molecular complexity index is 620. The number of carbonyl (C=O) groups is 1. The molecule has 4 nitrogen and oxygen atoms in total. The molecule has 2 rings (SSSR count). The summed E-state index contributed by atoms with van der Waals surface area (Å²) in [5.74, 6) is -0.280. The number of thiocarbonyl (C=S) groups is 1. The maximum absolute atomic E-state index is 11.9. The van der Waals surface area contributed by atoms with E-state index in [-0.39, 0.29) is 11.5 Å². The van der Waals surface area contributed by atoms with Gasteiger partial charge in [0, 0.05) is 11.4 Å². The average Bonchev–Trinajstić information content (AvgIpc) is 2.46. The Balaban J connectivity index is 2.13. The lowest BCUT2D eigenvalue weighted by molar-refractivity contribution is 0.0500. The number of anilines is 1. The van der Waals surface area contributed by atoms with Gasteiger partial charge in [0.25, 0.3) is 0 Å². The Morgan fingerprint density at radius 1 is 1.30 bits per heavy atom. The maximum Gasteiger partial charge on any atom is 0.338 e. The fraction of sp³-hybridized carbons (Fsp3) is 0.444. The molecule has 0 saturated heterocycles. The molecule has 1 aromatic carbocycles. The number of nitrogens with zero attached hydrogens (tertiary/aromatic N) is 1. The van der Waals surface area contributed by atoms with E-state index < -0.39 is 0 Å². The molecular weight excluding hydrogens is 308 g/mol. The van der Waals surface area contributed by atoms with Crippen molar-refractivity contribution in [1.82, 2.24) is 5.32 Å². The van der Waals surface area contributed by atoms with Crippen LogP contribution in [0.1, 0.15) is 50.9 Å². The Hall–Kier alpha value is -1.88. The largest absolute Gasteiger partial charge is 0.462 e. The summed E-state index contributed by atoms with van der Waals surface area (Å²) >= 11 is 5.47. The van der Waals surface area contributed by atoms with Crippen molar-refractivity contribution in [2.75, 3.05) is 11.5 Å². The van der Waals surface area contributed by atoms with Gasteiger partial charge in [0.2, 0.25) is 0 Å². The summed E-state index contributed by atoms with van der Waals surface area (Å²) < 4.78 is 5.22. The summed E-state index contributed by atoms with van der Waals surface area (Å²) in [6.07, 6.45) is 4.03. The number of ether oxygens (including phenoxy) is 1. The molecule has 0 spiro atoms. The predicted octanol–water partition coefficient (Wildman–Crippen LogP) is 4.02. The molecule has 1 aromatic rings. The molecule has 23 heavy (non-hydrogen) atoms. The molecule has 0 radical (unpaired) electrons. The molecule has 5 heteroatoms. The van der Waals surface area contributed by atoms with E-state index in [4.69, 9.17) is 17.0 Å². The van der Waals surface area contributed by atoms with Crippen molar-refractivity contribution in [3.8, 4) is 0 Å². The smallest absolute Gasteiger partial charge is 0.338 e. The number of rotatable bonds is 5. The van der Waals surface area contributed by atoms with Gasteiger partial charge >= 0.3 is 5.97 Å². The number of allylic oxidation sites excluding steroid dienone is 1. The van der Waals surface area contributed by atoms with Crippen LogP contribution < -0.4 is 10.2 Å². The van der Waals surface area contributed by atoms with Crippen molar-refractivity contribution >= 4 is 29.0 Å². The van der Waals surface area contributed by atoms with Crippen molar-refractivity contribution < 1.29 is 9.53 Å². The van der Waals surface area contributed by atoms with Crippen molar-refractivity contribution in [2.24, 2.45) is 0 Å². The van der Waals surface area contributed by atoms with Crippen LogP contribution in [0, 0.1) is 0 Å². The van der Waals surface area contributed by atoms with Gasteiger partial charge in [0.1, 0.15) is 0 Å². The van der Waals surface area contributed by atoms with Crippen molar-refractivity contribution in [1.29, 1.82) is 0 Å². The Labute approximate surface area is 143 Å². The number of unbranched alkanes of at least 4 members (excludes halogenated alkanes) is 1. The summed E-state index contributed by atoms with van der Waals surface area (Å²) in [7, 11) is 0. The van der Waals surface area contributed by atoms with Crippen molar-refractivity contribution in [3.63, 3.8) is 0 Å². The Morgan fingerprint density at radius 3 is 2.52 bits per heavy atom. The zero-order valence-electron chi connectivity index (χ0n) is 14.2. The van der Waals surface area contributed by atoms with E-state index in [1.54, 1.807) is 12.1 Å². The second-order valence-electron chi connectivity index (χ2n) is 6.31. The molecule has 0 bridgehead atoms. The molecule has 0 atom stereocenters. The molecule has 1 aliphatic heterocycles. The summed E-state index contributed by atoms with van der Waals surface area (Å²) in [6, 6.07) is 7.33. The topological polar surface area (TPSA) is 41.6 Å². The first kappa shape index (κ1) is 17.5. The number of carbonyl (C=O) groups excluding carboxylic acids is 1. The third-order valence-corrected chi connectivity index (χ3v) is 3.93. The summed E-state index contributed by atoms with van der Waals surface area (Å²) in [4.78, 5) is 13.9. The molecule has 0 unspecified atom stereocenters. The SMILES string of the molecule is CCCCOC(=O)c1ccc(N2C(=S)NC(C)(C)C=C2C)cc1. The minimum Gasteiger partial charge on any atom is -0.462 e. The molecule has 0 fully saturated rings. The van der Waals surface area contributed by atoms with Crippen LogP contribution >= 0.6 is 12.2 Å². The number of hydrogen-bond acceptors (Lipinski definition) is 3. The van der Waals surface area contributed by atoms with Gasteiger partial charge in [0.15, 0.2) is 5.11 Å². The van der Waals surface area contributed by atoms with Crippen molar-refractivity contribution in [2.45, 2.75) is 46.1 Å². The zero-order valence-corrected chi connectivity index (χ0v) is 15.0. The van der Waals surface area contributed by atoms with Gasteiger partial charge in [0.05, 0.1) is 17.7 Å². The lowest BCUT2D eigenvalue weighted by Crippen LogP contribution is -2.53. The maximum atomic E-state index is 11.9. The summed E-state index contributed by atoms with van der Waals surface area (Å²) in [6.45, 7) is 8.72. The van der Waals surface area contributed by atoms with E-state index in [0.29, 0.717) is 17.3 Å². The van der Waals surface area contributed by atoms with E-state index in [9.17, 15) is 4.79 Å². The average molecular weight is 332 g/mol. The van der Waals surface area contributed by atoms with E-state index in [0.717, 1.165) is 24.2 Å². The van der Waals surface area contributed by atoms with Gasteiger partial charge in [-0.25, -0.2) is 4.79 Å². The lowest BCUT2D eigenvalue weighted by atomic mass is 10.0. The van der Waals surface area contributed by atoms with E-state index in [1.807, 2.05) is 24.0 Å². The predicted molar refractivity (Wildman–Crippen MR) is 97.7 cm³/mol. The highest BCUT2D eigenvalue weighted by Gasteiger charge is 2.27. The number of nitrogens with one attached hydrogen (secondary N) is 1. The molecular formula is C18H24N2O2S. The highest BCUT2D eigenvalue weighted by Crippen LogP contribution is 2.26. The fourth-order valence-electron chi connectivity index (χ4n) is 2.57. The minimum atomic E-state index is -0.280. The normalized spacial score (nSPS) is 16.6.